The lowest BCUT2D eigenvalue weighted by Gasteiger charge is -2.14. The predicted molar refractivity (Wildman–Crippen MR) is 50.3 cm³/mol. The molecule has 0 spiro atoms. The molecular formula is C10H16O3. The third-order valence-corrected chi connectivity index (χ3v) is 1.95. The van der Waals surface area contributed by atoms with Crippen LogP contribution in [0, 0.1) is 5.41 Å². The number of rotatable bonds is 5. The Balaban J connectivity index is 4.25. The number of aliphatic hydroxyl groups excluding tert-OH is 1. The molecule has 0 aromatic carbocycles. The van der Waals surface area contributed by atoms with Crippen molar-refractivity contribution in [2.24, 2.45) is 5.41 Å². The number of hydrogen-bond donors (Lipinski definition) is 1. The van der Waals surface area contributed by atoms with Crippen LogP contribution in [0.4, 0.5) is 0 Å². The molecule has 0 unspecified atom stereocenters. The number of aliphatic hydroxyl groups is 1. The zero-order valence-electron chi connectivity index (χ0n) is 8.33. The molecule has 0 fully saturated rings. The maximum atomic E-state index is 11.0. The molecule has 0 radical (unpaired) electrons. The minimum atomic E-state index is -0.592. The first kappa shape index (κ1) is 12.0. The first-order valence-corrected chi connectivity index (χ1v) is 4.24. The standard InChI is InChI=1S/C10H16O3/c1-8(12)10(2,3)6-4-9(13)5-7-11/h4,6,11H,5,7H2,1-3H3. The summed E-state index contributed by atoms with van der Waals surface area (Å²) in [6.45, 7) is 4.83. The summed E-state index contributed by atoms with van der Waals surface area (Å²) in [5.74, 6) is -0.141. The van der Waals surface area contributed by atoms with E-state index in [1.165, 1.54) is 13.0 Å². The van der Waals surface area contributed by atoms with Crippen molar-refractivity contribution in [2.75, 3.05) is 6.61 Å². The lowest BCUT2D eigenvalue weighted by Crippen LogP contribution is -2.18. The molecule has 0 bridgehead atoms. The summed E-state index contributed by atoms with van der Waals surface area (Å²) in [4.78, 5) is 22.0. The number of allylic oxidation sites excluding steroid dienone is 2. The number of hydrogen-bond acceptors (Lipinski definition) is 3. The van der Waals surface area contributed by atoms with E-state index < -0.39 is 5.41 Å². The molecule has 0 saturated heterocycles. The van der Waals surface area contributed by atoms with Crippen LogP contribution in [-0.4, -0.2) is 23.3 Å². The fourth-order valence-electron chi connectivity index (χ4n) is 0.612. The zero-order valence-corrected chi connectivity index (χ0v) is 8.33. The van der Waals surface area contributed by atoms with Gasteiger partial charge in [-0.1, -0.05) is 6.08 Å². The number of ketones is 2. The Labute approximate surface area is 78.5 Å². The van der Waals surface area contributed by atoms with E-state index in [0.717, 1.165) is 0 Å². The molecule has 13 heavy (non-hydrogen) atoms. The summed E-state index contributed by atoms with van der Waals surface area (Å²) >= 11 is 0. The Morgan fingerprint density at radius 3 is 2.31 bits per heavy atom. The molecule has 0 aromatic rings. The van der Waals surface area contributed by atoms with Gasteiger partial charge >= 0.3 is 0 Å². The van der Waals surface area contributed by atoms with Gasteiger partial charge in [-0.2, -0.15) is 0 Å². The Morgan fingerprint density at radius 2 is 1.92 bits per heavy atom. The number of carbonyl (C=O) groups is 2. The van der Waals surface area contributed by atoms with Crippen molar-refractivity contribution >= 4 is 11.6 Å². The predicted octanol–water partition coefficient (Wildman–Crippen LogP) is 1.11. The monoisotopic (exact) mass is 184 g/mol. The molecule has 1 N–H and O–H groups in total. The average Bonchev–Trinajstić information content (AvgIpc) is 2.01. The fourth-order valence-corrected chi connectivity index (χ4v) is 0.612. The van der Waals surface area contributed by atoms with Crippen LogP contribution in [0.3, 0.4) is 0 Å². The first-order valence-electron chi connectivity index (χ1n) is 4.24. The van der Waals surface area contributed by atoms with Crippen LogP contribution in [0.5, 0.6) is 0 Å². The lowest BCUT2D eigenvalue weighted by atomic mass is 9.88. The van der Waals surface area contributed by atoms with Gasteiger partial charge < -0.3 is 5.11 Å². The minimum absolute atomic E-state index is 0.0144. The summed E-state index contributed by atoms with van der Waals surface area (Å²) in [6.07, 6.45) is 3.05. The maximum Gasteiger partial charge on any atom is 0.157 e. The normalized spacial score (nSPS) is 12.0. The van der Waals surface area contributed by atoms with Crippen LogP contribution >= 0.6 is 0 Å². The third kappa shape index (κ3) is 4.58. The van der Waals surface area contributed by atoms with Gasteiger partial charge in [-0.05, 0) is 26.8 Å². The van der Waals surface area contributed by atoms with Crippen LogP contribution in [0.2, 0.25) is 0 Å². The van der Waals surface area contributed by atoms with E-state index >= 15 is 0 Å². The largest absolute Gasteiger partial charge is 0.396 e. The first-order chi connectivity index (χ1) is 5.90. The van der Waals surface area contributed by atoms with E-state index in [9.17, 15) is 9.59 Å². The minimum Gasteiger partial charge on any atom is -0.396 e. The van der Waals surface area contributed by atoms with Gasteiger partial charge in [0.2, 0.25) is 0 Å². The molecule has 3 nitrogen and oxygen atoms in total. The topological polar surface area (TPSA) is 54.4 Å². The van der Waals surface area contributed by atoms with Gasteiger partial charge in [0, 0.05) is 11.8 Å². The molecular weight excluding hydrogens is 168 g/mol. The zero-order chi connectivity index (χ0) is 10.5. The number of carbonyl (C=O) groups excluding carboxylic acids is 2. The lowest BCUT2D eigenvalue weighted by molar-refractivity contribution is -0.122. The molecule has 0 atom stereocenters. The molecule has 0 aliphatic heterocycles. The van der Waals surface area contributed by atoms with Gasteiger partial charge in [0.05, 0.1) is 6.61 Å². The van der Waals surface area contributed by atoms with Crippen molar-refractivity contribution in [1.82, 2.24) is 0 Å². The Hall–Kier alpha value is -0.960. The van der Waals surface area contributed by atoms with E-state index in [2.05, 4.69) is 0 Å². The molecule has 74 valence electrons. The van der Waals surface area contributed by atoms with Crippen molar-refractivity contribution in [1.29, 1.82) is 0 Å². The van der Waals surface area contributed by atoms with E-state index in [0.29, 0.717) is 0 Å². The van der Waals surface area contributed by atoms with E-state index in [1.807, 2.05) is 0 Å². The SMILES string of the molecule is CC(=O)C(C)(C)C=CC(=O)CCO. The molecule has 0 amide bonds. The van der Waals surface area contributed by atoms with Gasteiger partial charge in [-0.3, -0.25) is 9.59 Å². The summed E-state index contributed by atoms with van der Waals surface area (Å²) in [5, 5.41) is 8.45. The van der Waals surface area contributed by atoms with Crippen molar-refractivity contribution in [3.05, 3.63) is 12.2 Å². The molecule has 3 heteroatoms. The van der Waals surface area contributed by atoms with Crippen LogP contribution in [-0.2, 0) is 9.59 Å². The second-order valence-corrected chi connectivity index (χ2v) is 3.55. The van der Waals surface area contributed by atoms with Gasteiger partial charge in [-0.25, -0.2) is 0 Å². The highest BCUT2D eigenvalue weighted by molar-refractivity contribution is 5.91. The molecule has 0 rings (SSSR count). The maximum absolute atomic E-state index is 11.0. The second kappa shape index (κ2) is 4.92. The Morgan fingerprint density at radius 1 is 1.38 bits per heavy atom. The highest BCUT2D eigenvalue weighted by atomic mass is 16.3. The second-order valence-electron chi connectivity index (χ2n) is 3.55. The molecule has 0 aliphatic rings. The Kier molecular flexibility index (Phi) is 4.56. The van der Waals surface area contributed by atoms with Crippen LogP contribution in [0.15, 0.2) is 12.2 Å². The van der Waals surface area contributed by atoms with Crippen molar-refractivity contribution < 1.29 is 14.7 Å². The van der Waals surface area contributed by atoms with Crippen LogP contribution in [0.25, 0.3) is 0 Å². The van der Waals surface area contributed by atoms with Gasteiger partial charge in [0.15, 0.2) is 5.78 Å². The smallest absolute Gasteiger partial charge is 0.157 e. The summed E-state index contributed by atoms with van der Waals surface area (Å²) in [6, 6.07) is 0. The van der Waals surface area contributed by atoms with Crippen LogP contribution < -0.4 is 0 Å². The fraction of sp³-hybridized carbons (Fsp3) is 0.600. The van der Waals surface area contributed by atoms with E-state index in [-0.39, 0.29) is 24.6 Å². The summed E-state index contributed by atoms with van der Waals surface area (Å²) in [7, 11) is 0. The van der Waals surface area contributed by atoms with E-state index in [1.54, 1.807) is 19.9 Å². The van der Waals surface area contributed by atoms with Gasteiger partial charge in [-0.15, -0.1) is 0 Å². The van der Waals surface area contributed by atoms with Crippen LogP contribution in [0.1, 0.15) is 27.2 Å². The van der Waals surface area contributed by atoms with Crippen molar-refractivity contribution in [3.63, 3.8) is 0 Å². The Bertz CT molecular complexity index is 226. The third-order valence-electron chi connectivity index (χ3n) is 1.95. The molecule has 0 saturated carbocycles. The van der Waals surface area contributed by atoms with Crippen molar-refractivity contribution in [2.45, 2.75) is 27.2 Å². The highest BCUT2D eigenvalue weighted by Crippen LogP contribution is 2.17. The highest BCUT2D eigenvalue weighted by Gasteiger charge is 2.19. The average molecular weight is 184 g/mol. The molecule has 0 heterocycles. The summed E-state index contributed by atoms with van der Waals surface area (Å²) < 4.78 is 0. The van der Waals surface area contributed by atoms with Crippen molar-refractivity contribution in [3.8, 4) is 0 Å². The molecule has 0 aromatic heterocycles. The summed E-state index contributed by atoms with van der Waals surface area (Å²) in [5.41, 5.74) is -0.592. The van der Waals surface area contributed by atoms with Gasteiger partial charge in [0.1, 0.15) is 5.78 Å². The number of Topliss-reactive ketones (excluding diaryl/α,β-unsaturated/α-hetero) is 1. The van der Waals surface area contributed by atoms with E-state index in [4.69, 9.17) is 5.11 Å². The quantitative estimate of drug-likeness (QED) is 0.651. The van der Waals surface area contributed by atoms with Gasteiger partial charge in [0.25, 0.3) is 0 Å². The molecule has 0 aliphatic carbocycles.